The normalized spacial score (nSPS) is 25.8. The predicted octanol–water partition coefficient (Wildman–Crippen LogP) is 4.06. The molecule has 6 heteroatoms. The second kappa shape index (κ2) is 7.96. The van der Waals surface area contributed by atoms with Crippen LogP contribution in [0.5, 0.6) is 0 Å². The lowest BCUT2D eigenvalue weighted by Crippen LogP contribution is -2.52. The maximum atomic E-state index is 13.5. The number of anilines is 1. The smallest absolute Gasteiger partial charge is 0.124 e. The zero-order chi connectivity index (χ0) is 21.4. The van der Waals surface area contributed by atoms with Crippen LogP contribution >= 0.6 is 0 Å². The maximum Gasteiger partial charge on any atom is 0.124 e. The predicted molar refractivity (Wildman–Crippen MR) is 115 cm³/mol. The fourth-order valence-corrected chi connectivity index (χ4v) is 5.61. The van der Waals surface area contributed by atoms with Crippen LogP contribution in [0.15, 0.2) is 36.4 Å². The monoisotopic (exact) mass is 416 g/mol. The van der Waals surface area contributed by atoms with Crippen molar-refractivity contribution in [1.29, 1.82) is 10.5 Å². The van der Waals surface area contributed by atoms with Crippen LogP contribution in [0.25, 0.3) is 0 Å². The van der Waals surface area contributed by atoms with Gasteiger partial charge >= 0.3 is 0 Å². The number of halogens is 1. The Morgan fingerprint density at radius 1 is 0.968 bits per heavy atom. The Hall–Kier alpha value is -2.93. The van der Waals surface area contributed by atoms with Gasteiger partial charge in [0.15, 0.2) is 0 Å². The fourth-order valence-electron chi connectivity index (χ4n) is 5.61. The highest BCUT2D eigenvalue weighted by Gasteiger charge is 2.44. The second-order valence-corrected chi connectivity index (χ2v) is 8.75. The number of rotatable bonds is 2. The first-order valence-electron chi connectivity index (χ1n) is 11.0. The van der Waals surface area contributed by atoms with Gasteiger partial charge in [0.1, 0.15) is 11.9 Å². The third-order valence-electron chi connectivity index (χ3n) is 7.29. The van der Waals surface area contributed by atoms with Gasteiger partial charge < -0.3 is 9.64 Å². The van der Waals surface area contributed by atoms with E-state index in [2.05, 4.69) is 28.0 Å². The first-order chi connectivity index (χ1) is 15.1. The molecule has 0 N–H and O–H groups in total. The highest BCUT2D eigenvalue weighted by molar-refractivity contribution is 5.59. The number of nitrogens with zero attached hydrogens (tertiary/aromatic N) is 4. The van der Waals surface area contributed by atoms with Crippen LogP contribution in [0, 0.1) is 28.5 Å². The van der Waals surface area contributed by atoms with Crippen molar-refractivity contribution >= 4 is 5.69 Å². The molecule has 1 spiro atoms. The molecular formula is C25H25FN4O. The van der Waals surface area contributed by atoms with E-state index in [-0.39, 0.29) is 11.4 Å². The van der Waals surface area contributed by atoms with E-state index >= 15 is 0 Å². The van der Waals surface area contributed by atoms with Crippen LogP contribution < -0.4 is 4.90 Å². The van der Waals surface area contributed by atoms with Crippen LogP contribution in [0.2, 0.25) is 0 Å². The Kier molecular flexibility index (Phi) is 5.14. The summed E-state index contributed by atoms with van der Waals surface area (Å²) in [6.07, 6.45) is 4.12. The molecule has 0 amide bonds. The zero-order valence-electron chi connectivity index (χ0n) is 17.5. The van der Waals surface area contributed by atoms with Crippen molar-refractivity contribution in [3.63, 3.8) is 0 Å². The molecule has 2 aliphatic heterocycles. The van der Waals surface area contributed by atoms with Gasteiger partial charge in [-0.1, -0.05) is 12.1 Å². The first kappa shape index (κ1) is 20.0. The SMILES string of the molecule is N#Cc1cc(F)ccc1N1CCN(C2CCC3(CC2)OCc2c(C#N)cccc23)CC1. The van der Waals surface area contributed by atoms with Gasteiger partial charge in [0.05, 0.1) is 35.1 Å². The molecule has 2 aromatic rings. The number of fused-ring (bicyclic) bond motifs is 2. The van der Waals surface area contributed by atoms with Crippen LogP contribution in [0.1, 0.15) is 47.9 Å². The molecule has 2 aromatic carbocycles. The van der Waals surface area contributed by atoms with Gasteiger partial charge in [-0.15, -0.1) is 0 Å². The van der Waals surface area contributed by atoms with E-state index in [1.165, 1.54) is 17.7 Å². The molecule has 158 valence electrons. The number of piperazine rings is 1. The minimum Gasteiger partial charge on any atom is -0.368 e. The minimum absolute atomic E-state index is 0.226. The minimum atomic E-state index is -0.368. The molecule has 0 radical (unpaired) electrons. The Morgan fingerprint density at radius 2 is 1.71 bits per heavy atom. The van der Waals surface area contributed by atoms with Crippen LogP contribution in [-0.4, -0.2) is 37.1 Å². The molecule has 0 atom stereocenters. The molecule has 0 unspecified atom stereocenters. The number of nitriles is 2. The van der Waals surface area contributed by atoms with Crippen molar-refractivity contribution in [2.24, 2.45) is 0 Å². The summed E-state index contributed by atoms with van der Waals surface area (Å²) in [4.78, 5) is 4.75. The Bertz CT molecular complexity index is 1070. The fraction of sp³-hybridized carbons (Fsp3) is 0.440. The van der Waals surface area contributed by atoms with Gasteiger partial charge in [-0.2, -0.15) is 10.5 Å². The van der Waals surface area contributed by atoms with Gasteiger partial charge in [-0.05, 0) is 55.5 Å². The molecule has 2 fully saturated rings. The largest absolute Gasteiger partial charge is 0.368 e. The molecule has 31 heavy (non-hydrogen) atoms. The van der Waals surface area contributed by atoms with E-state index in [0.29, 0.717) is 18.2 Å². The van der Waals surface area contributed by atoms with Crippen molar-refractivity contribution in [3.05, 3.63) is 64.5 Å². The summed E-state index contributed by atoms with van der Waals surface area (Å²) < 4.78 is 19.8. The van der Waals surface area contributed by atoms with Gasteiger partial charge in [0.25, 0.3) is 0 Å². The number of benzene rings is 2. The standard InChI is InChI=1S/C25H25FN4O/c26-20-4-5-24(19(14-20)16-28)30-12-10-29(11-13-30)21-6-8-25(9-7-21)23-3-1-2-18(15-27)22(23)17-31-25/h1-5,14,21H,6-13,17H2. The summed E-state index contributed by atoms with van der Waals surface area (Å²) in [5.74, 6) is -0.368. The lowest BCUT2D eigenvalue weighted by molar-refractivity contribution is -0.0777. The third kappa shape index (κ3) is 3.47. The highest BCUT2D eigenvalue weighted by atomic mass is 19.1. The number of hydrogen-bond acceptors (Lipinski definition) is 5. The zero-order valence-corrected chi connectivity index (χ0v) is 17.5. The van der Waals surface area contributed by atoms with Crippen molar-refractivity contribution < 1.29 is 9.13 Å². The van der Waals surface area contributed by atoms with E-state index in [4.69, 9.17) is 4.74 Å². The molecule has 2 heterocycles. The first-order valence-corrected chi connectivity index (χ1v) is 11.0. The van der Waals surface area contributed by atoms with Crippen molar-refractivity contribution in [2.45, 2.75) is 43.9 Å². The van der Waals surface area contributed by atoms with Crippen molar-refractivity contribution in [3.8, 4) is 12.1 Å². The molecule has 0 bridgehead atoms. The van der Waals surface area contributed by atoms with E-state index < -0.39 is 0 Å². The number of ether oxygens (including phenoxy) is 1. The average molecular weight is 417 g/mol. The molecule has 5 nitrogen and oxygen atoms in total. The van der Waals surface area contributed by atoms with Gasteiger partial charge in [-0.3, -0.25) is 4.90 Å². The van der Waals surface area contributed by atoms with Crippen LogP contribution in [-0.2, 0) is 16.9 Å². The topological polar surface area (TPSA) is 63.3 Å². The van der Waals surface area contributed by atoms with Crippen LogP contribution in [0.4, 0.5) is 10.1 Å². The Morgan fingerprint density at radius 3 is 2.42 bits per heavy atom. The van der Waals surface area contributed by atoms with E-state index in [0.717, 1.165) is 68.7 Å². The molecule has 3 aliphatic rings. The van der Waals surface area contributed by atoms with Gasteiger partial charge in [0, 0.05) is 37.8 Å². The summed E-state index contributed by atoms with van der Waals surface area (Å²) in [5, 5.41) is 18.7. The summed E-state index contributed by atoms with van der Waals surface area (Å²) in [5.41, 5.74) is 4.04. The average Bonchev–Trinajstić information content (AvgIpc) is 3.18. The summed E-state index contributed by atoms with van der Waals surface area (Å²) >= 11 is 0. The molecule has 5 rings (SSSR count). The van der Waals surface area contributed by atoms with E-state index in [9.17, 15) is 14.9 Å². The molecule has 1 saturated heterocycles. The Labute approximate surface area is 182 Å². The Balaban J connectivity index is 1.22. The summed E-state index contributed by atoms with van der Waals surface area (Å²) in [6.45, 7) is 4.10. The molecule has 1 saturated carbocycles. The van der Waals surface area contributed by atoms with Crippen molar-refractivity contribution in [1.82, 2.24) is 4.90 Å². The van der Waals surface area contributed by atoms with Gasteiger partial charge in [-0.25, -0.2) is 4.39 Å². The maximum absolute atomic E-state index is 13.5. The van der Waals surface area contributed by atoms with E-state index in [1.54, 1.807) is 6.07 Å². The summed E-state index contributed by atoms with van der Waals surface area (Å²) in [7, 11) is 0. The van der Waals surface area contributed by atoms with Gasteiger partial charge in [0.2, 0.25) is 0 Å². The summed E-state index contributed by atoms with van der Waals surface area (Å²) in [6, 6.07) is 15.4. The van der Waals surface area contributed by atoms with Crippen LogP contribution in [0.3, 0.4) is 0 Å². The quantitative estimate of drug-likeness (QED) is 0.739. The molecular weight excluding hydrogens is 391 g/mol. The van der Waals surface area contributed by atoms with Crippen molar-refractivity contribution in [2.75, 3.05) is 31.1 Å². The number of hydrogen-bond donors (Lipinski definition) is 0. The lowest BCUT2D eigenvalue weighted by atomic mass is 9.76. The molecule has 1 aliphatic carbocycles. The van der Waals surface area contributed by atoms with E-state index in [1.807, 2.05) is 12.1 Å². The molecule has 0 aromatic heterocycles. The second-order valence-electron chi connectivity index (χ2n) is 8.75. The lowest BCUT2D eigenvalue weighted by Gasteiger charge is -2.45. The third-order valence-corrected chi connectivity index (χ3v) is 7.29. The highest BCUT2D eigenvalue weighted by Crippen LogP contribution is 2.48.